The van der Waals surface area contributed by atoms with Crippen LogP contribution in [0, 0.1) is 5.92 Å². The third kappa shape index (κ3) is 8.83. The van der Waals surface area contributed by atoms with Crippen LogP contribution in [-0.4, -0.2) is 65.1 Å². The van der Waals surface area contributed by atoms with E-state index in [4.69, 9.17) is 14.2 Å². The van der Waals surface area contributed by atoms with E-state index in [9.17, 15) is 19.5 Å². The molecule has 10 nitrogen and oxygen atoms in total. The minimum atomic E-state index is -0.981. The summed E-state index contributed by atoms with van der Waals surface area (Å²) < 4.78 is 18.6. The third-order valence-electron chi connectivity index (χ3n) is 9.56. The number of likely N-dealkylation sites (tertiary alicyclic amines) is 1. The van der Waals surface area contributed by atoms with Crippen LogP contribution in [-0.2, 0) is 43.6 Å². The maximum absolute atomic E-state index is 13.2. The van der Waals surface area contributed by atoms with Crippen molar-refractivity contribution in [2.24, 2.45) is 5.92 Å². The Kier molecular flexibility index (Phi) is 11.9. The first kappa shape index (κ1) is 36.7. The van der Waals surface area contributed by atoms with Crippen LogP contribution in [0.15, 0.2) is 116 Å². The van der Waals surface area contributed by atoms with E-state index in [0.29, 0.717) is 6.54 Å². The van der Waals surface area contributed by atoms with Gasteiger partial charge in [-0.25, -0.2) is 4.79 Å². The number of carbonyl (C=O) groups excluding carboxylic acids is 3. The lowest BCUT2D eigenvalue weighted by Crippen LogP contribution is -2.43. The van der Waals surface area contributed by atoms with Crippen molar-refractivity contribution in [3.63, 3.8) is 0 Å². The van der Waals surface area contributed by atoms with Gasteiger partial charge in [0.25, 0.3) is 5.91 Å². The summed E-state index contributed by atoms with van der Waals surface area (Å²) >= 11 is 0. The molecular formula is C42H45N3O7. The Bertz CT molecular complexity index is 1870. The third-order valence-corrected chi connectivity index (χ3v) is 9.56. The second-order valence-electron chi connectivity index (χ2n) is 13.4. The smallest absolute Gasteiger partial charge is 0.408 e. The first-order valence-electron chi connectivity index (χ1n) is 17.5. The molecular weight excluding hydrogens is 658 g/mol. The molecule has 270 valence electrons. The molecule has 2 N–H and O–H groups in total. The topological polar surface area (TPSA) is 118 Å². The molecule has 4 aromatic rings. The fraction of sp³-hybridized carbons (Fsp3) is 0.310. The van der Waals surface area contributed by atoms with Crippen LogP contribution < -0.4 is 5.32 Å². The van der Waals surface area contributed by atoms with Gasteiger partial charge in [0.1, 0.15) is 12.6 Å². The van der Waals surface area contributed by atoms with E-state index >= 15 is 0 Å². The van der Waals surface area contributed by atoms with Crippen molar-refractivity contribution >= 4 is 17.9 Å². The molecule has 4 aromatic carbocycles. The zero-order valence-electron chi connectivity index (χ0n) is 29.5. The summed E-state index contributed by atoms with van der Waals surface area (Å²) in [5, 5.41) is 12.1. The quantitative estimate of drug-likeness (QED) is 0.123. The van der Waals surface area contributed by atoms with Crippen LogP contribution in [0.1, 0.15) is 53.6 Å². The van der Waals surface area contributed by atoms with Crippen molar-refractivity contribution in [2.75, 3.05) is 20.1 Å². The Morgan fingerprint density at radius 3 is 2.37 bits per heavy atom. The number of aliphatic hydroxyl groups excluding tert-OH is 1. The van der Waals surface area contributed by atoms with E-state index in [1.807, 2.05) is 116 Å². The maximum atomic E-state index is 13.2. The highest BCUT2D eigenvalue weighted by atomic mass is 16.7. The molecule has 0 aromatic heterocycles. The number of hydrogen-bond donors (Lipinski definition) is 2. The molecule has 10 heteroatoms. The lowest BCUT2D eigenvalue weighted by atomic mass is 9.90. The van der Waals surface area contributed by atoms with Crippen molar-refractivity contribution in [3.8, 4) is 11.1 Å². The van der Waals surface area contributed by atoms with Crippen molar-refractivity contribution in [3.05, 3.63) is 144 Å². The summed E-state index contributed by atoms with van der Waals surface area (Å²) in [5.74, 6) is -0.779. The largest absolute Gasteiger partial charge is 0.445 e. The Morgan fingerprint density at radius 1 is 0.923 bits per heavy atom. The first-order valence-corrected chi connectivity index (χ1v) is 17.5. The molecule has 2 aliphatic rings. The summed E-state index contributed by atoms with van der Waals surface area (Å²) in [7, 11) is 2.04. The fourth-order valence-corrected chi connectivity index (χ4v) is 6.70. The number of rotatable bonds is 13. The summed E-state index contributed by atoms with van der Waals surface area (Å²) in [6, 6.07) is 31.8. The van der Waals surface area contributed by atoms with E-state index in [0.717, 1.165) is 45.5 Å². The monoisotopic (exact) mass is 703 g/mol. The number of hydrogen-bond acceptors (Lipinski definition) is 8. The van der Waals surface area contributed by atoms with Gasteiger partial charge in [-0.15, -0.1) is 6.58 Å². The van der Waals surface area contributed by atoms with Crippen LogP contribution in [0.4, 0.5) is 4.79 Å². The Balaban J connectivity index is 1.15. The molecule has 2 saturated heterocycles. The molecule has 6 rings (SSSR count). The van der Waals surface area contributed by atoms with E-state index in [1.165, 1.54) is 4.90 Å². The number of aliphatic hydroxyl groups is 1. The molecule has 0 bridgehead atoms. The van der Waals surface area contributed by atoms with E-state index < -0.39 is 24.3 Å². The molecule has 2 aliphatic heterocycles. The van der Waals surface area contributed by atoms with Gasteiger partial charge in [-0.2, -0.15) is 0 Å². The number of nitrogens with one attached hydrogen (secondary N) is 1. The van der Waals surface area contributed by atoms with Gasteiger partial charge in [0.05, 0.1) is 31.8 Å². The summed E-state index contributed by atoms with van der Waals surface area (Å²) in [4.78, 5) is 41.9. The zero-order valence-corrected chi connectivity index (χ0v) is 29.5. The van der Waals surface area contributed by atoms with E-state index in [2.05, 4.69) is 23.7 Å². The van der Waals surface area contributed by atoms with Crippen LogP contribution >= 0.6 is 0 Å². The number of benzene rings is 4. The number of likely N-dealkylation sites (N-methyl/N-ethyl adjacent to an activating group) is 1. The molecule has 5 atom stereocenters. The highest BCUT2D eigenvalue weighted by Gasteiger charge is 2.40. The lowest BCUT2D eigenvalue weighted by molar-refractivity contribution is -0.275. The number of ether oxygens (including phenoxy) is 3. The van der Waals surface area contributed by atoms with Gasteiger partial charge >= 0.3 is 6.09 Å². The van der Waals surface area contributed by atoms with Crippen LogP contribution in [0.3, 0.4) is 0 Å². The minimum Gasteiger partial charge on any atom is -0.445 e. The molecule has 52 heavy (non-hydrogen) atoms. The van der Waals surface area contributed by atoms with Gasteiger partial charge in [-0.3, -0.25) is 14.5 Å². The SMILES string of the molecule is C=CCN(C)C[C@@H]1O[C@H](c2cccc(-c3cccc(CN4C(=O)CC(NC(=O)OCc5ccccc5)C4=O)c3)c2)O[C@H](c2ccc(CO)cc2)[C@@H]1C. The first-order chi connectivity index (χ1) is 25.2. The summed E-state index contributed by atoms with van der Waals surface area (Å²) in [6.45, 7) is 7.55. The predicted octanol–water partition coefficient (Wildman–Crippen LogP) is 6.31. The van der Waals surface area contributed by atoms with Crippen molar-refractivity contribution in [1.29, 1.82) is 0 Å². The van der Waals surface area contributed by atoms with Gasteiger partial charge in [0.2, 0.25) is 5.91 Å². The molecule has 2 fully saturated rings. The minimum absolute atomic E-state index is 0.0234. The van der Waals surface area contributed by atoms with E-state index in [-0.39, 0.29) is 50.2 Å². The van der Waals surface area contributed by atoms with Crippen LogP contribution in [0.25, 0.3) is 11.1 Å². The Morgan fingerprint density at radius 2 is 1.63 bits per heavy atom. The van der Waals surface area contributed by atoms with E-state index in [1.54, 1.807) is 0 Å². The predicted molar refractivity (Wildman–Crippen MR) is 196 cm³/mol. The standard InChI is InChI=1S/C42H45N3O7/c1-4-20-44(3)25-37-28(2)39(32-18-16-29(26-46)17-19-32)52-41(51-37)35-15-9-14-34(22-35)33-13-8-12-31(21-33)24-45-38(47)23-36(40(45)48)43-42(49)50-27-30-10-6-5-7-11-30/h4-19,21-22,28,36-37,39,41,46H,1,20,23-27H2,2-3H3,(H,43,49)/t28-,36?,37+,39+,41+/m1/s1. The van der Waals surface area contributed by atoms with Gasteiger partial charge in [-0.1, -0.05) is 104 Å². The van der Waals surface area contributed by atoms with Gasteiger partial charge in [-0.05, 0) is 52.6 Å². The molecule has 3 amide bonds. The van der Waals surface area contributed by atoms with Gasteiger partial charge in [0, 0.05) is 24.6 Å². The fourth-order valence-electron chi connectivity index (χ4n) is 6.70. The van der Waals surface area contributed by atoms with Crippen LogP contribution in [0.5, 0.6) is 0 Å². The van der Waals surface area contributed by atoms with Crippen molar-refractivity contribution in [2.45, 2.75) is 57.6 Å². The number of imide groups is 1. The van der Waals surface area contributed by atoms with Crippen molar-refractivity contribution in [1.82, 2.24) is 15.1 Å². The van der Waals surface area contributed by atoms with Gasteiger partial charge in [0.15, 0.2) is 6.29 Å². The highest BCUT2D eigenvalue weighted by molar-refractivity contribution is 6.06. The van der Waals surface area contributed by atoms with Gasteiger partial charge < -0.3 is 29.5 Å². The Labute approximate surface area is 304 Å². The number of alkyl carbamates (subject to hydrolysis) is 1. The van der Waals surface area contributed by atoms with Crippen molar-refractivity contribution < 1.29 is 33.7 Å². The molecule has 0 spiro atoms. The number of carbonyl (C=O) groups is 3. The number of amides is 3. The summed E-state index contributed by atoms with van der Waals surface area (Å²) in [5.41, 5.74) is 6.14. The van der Waals surface area contributed by atoms with Crippen LogP contribution in [0.2, 0.25) is 0 Å². The average Bonchev–Trinajstić information content (AvgIpc) is 3.42. The molecule has 0 aliphatic carbocycles. The molecule has 2 heterocycles. The summed E-state index contributed by atoms with van der Waals surface area (Å²) in [6.07, 6.45) is 0.00241. The molecule has 0 radical (unpaired) electrons. The maximum Gasteiger partial charge on any atom is 0.408 e. The highest BCUT2D eigenvalue weighted by Crippen LogP contribution is 2.42. The second kappa shape index (κ2) is 16.9. The molecule has 1 unspecified atom stereocenters. The zero-order chi connectivity index (χ0) is 36.6. The molecule has 0 saturated carbocycles. The normalized spacial score (nSPS) is 21.7. The average molecular weight is 704 g/mol. The second-order valence-corrected chi connectivity index (χ2v) is 13.4. The Hall–Kier alpha value is -5.13. The number of nitrogens with zero attached hydrogens (tertiary/aromatic N) is 2. The lowest BCUT2D eigenvalue weighted by Gasteiger charge is -2.42.